The number of hydrogen-bond donors (Lipinski definition) is 0. The van der Waals surface area contributed by atoms with Crippen LogP contribution in [0.4, 0.5) is 0 Å². The molecule has 0 atom stereocenters. The van der Waals surface area contributed by atoms with E-state index in [4.69, 9.17) is 0 Å². The van der Waals surface area contributed by atoms with Crippen LogP contribution in [0.25, 0.3) is 0 Å². The van der Waals surface area contributed by atoms with E-state index in [9.17, 15) is 18.0 Å². The molecule has 0 radical (unpaired) electrons. The number of thiazole rings is 1. The Bertz CT molecular complexity index is 1120. The van der Waals surface area contributed by atoms with E-state index >= 15 is 0 Å². The maximum absolute atomic E-state index is 12.9. The predicted octanol–water partition coefficient (Wildman–Crippen LogP) is 1.60. The zero-order chi connectivity index (χ0) is 23.7. The molecule has 182 valence electrons. The van der Waals surface area contributed by atoms with Crippen molar-refractivity contribution < 1.29 is 18.0 Å². The van der Waals surface area contributed by atoms with Crippen molar-refractivity contribution in [3.8, 4) is 0 Å². The highest BCUT2D eigenvalue weighted by Gasteiger charge is 2.37. The van der Waals surface area contributed by atoms with E-state index in [0.717, 1.165) is 32.4 Å². The fourth-order valence-corrected chi connectivity index (χ4v) is 6.93. The van der Waals surface area contributed by atoms with Crippen molar-refractivity contribution in [2.45, 2.75) is 30.2 Å². The molecule has 4 heterocycles. The molecular weight excluding hydrogens is 474 g/mol. The summed E-state index contributed by atoms with van der Waals surface area (Å²) in [4.78, 5) is 35.7. The number of carbonyl (C=O) groups excluding carboxylic acids is 2. The largest absolute Gasteiger partial charge is 0.335 e. The number of piperazine rings is 1. The van der Waals surface area contributed by atoms with Gasteiger partial charge in [-0.2, -0.15) is 4.31 Å². The number of hydrogen-bond acceptors (Lipinski definition) is 7. The Balaban J connectivity index is 1.12. The van der Waals surface area contributed by atoms with Gasteiger partial charge in [-0.25, -0.2) is 13.4 Å². The number of amides is 2. The number of benzene rings is 1. The summed E-state index contributed by atoms with van der Waals surface area (Å²) in [7, 11) is -3.49. The lowest BCUT2D eigenvalue weighted by molar-refractivity contribution is 0.00852. The second-order valence-corrected chi connectivity index (χ2v) is 11.9. The molecule has 3 aliphatic heterocycles. The molecule has 34 heavy (non-hydrogen) atoms. The van der Waals surface area contributed by atoms with E-state index in [1.54, 1.807) is 35.4 Å². The van der Waals surface area contributed by atoms with Gasteiger partial charge in [-0.3, -0.25) is 14.5 Å². The Morgan fingerprint density at radius 1 is 0.853 bits per heavy atom. The fraction of sp³-hybridized carbons (Fsp3) is 0.522. The Morgan fingerprint density at radius 3 is 2.15 bits per heavy atom. The van der Waals surface area contributed by atoms with Crippen LogP contribution >= 0.6 is 11.3 Å². The normalized spacial score (nSPS) is 20.8. The van der Waals surface area contributed by atoms with Crippen LogP contribution in [0.5, 0.6) is 0 Å². The SMILES string of the molecule is O=C(c1ccc(S(=O)(=O)N2CCCCC2)cc1)N1CC(N2CCN(C(=O)c3nccs3)CC2)C1. The third-order valence-electron chi connectivity index (χ3n) is 6.94. The Hall–Kier alpha value is -2.34. The zero-order valence-corrected chi connectivity index (χ0v) is 20.6. The number of rotatable bonds is 5. The lowest BCUT2D eigenvalue weighted by atomic mass is 10.0. The number of nitrogens with zero attached hydrogens (tertiary/aromatic N) is 5. The first-order valence-corrected chi connectivity index (χ1v) is 14.1. The molecule has 0 saturated carbocycles. The monoisotopic (exact) mass is 503 g/mol. The van der Waals surface area contributed by atoms with Crippen molar-refractivity contribution >= 4 is 33.2 Å². The fourth-order valence-electron chi connectivity index (χ4n) is 4.81. The average molecular weight is 504 g/mol. The smallest absolute Gasteiger partial charge is 0.282 e. The maximum Gasteiger partial charge on any atom is 0.282 e. The van der Waals surface area contributed by atoms with E-state index in [1.807, 2.05) is 10.3 Å². The van der Waals surface area contributed by atoms with Crippen molar-refractivity contribution in [1.82, 2.24) is 24.0 Å². The molecule has 0 spiro atoms. The molecule has 11 heteroatoms. The van der Waals surface area contributed by atoms with Crippen LogP contribution in [-0.4, -0.2) is 103 Å². The molecule has 5 rings (SSSR count). The molecule has 3 fully saturated rings. The summed E-state index contributed by atoms with van der Waals surface area (Å²) in [6, 6.07) is 6.63. The first-order chi connectivity index (χ1) is 16.4. The molecule has 2 aromatic rings. The Kier molecular flexibility index (Phi) is 6.70. The Morgan fingerprint density at radius 2 is 1.53 bits per heavy atom. The summed E-state index contributed by atoms with van der Waals surface area (Å²) >= 11 is 1.36. The Labute approximate surface area is 204 Å². The van der Waals surface area contributed by atoms with Crippen molar-refractivity contribution in [3.63, 3.8) is 0 Å². The molecule has 3 aliphatic rings. The van der Waals surface area contributed by atoms with Crippen molar-refractivity contribution in [2.24, 2.45) is 0 Å². The van der Waals surface area contributed by atoms with Gasteiger partial charge < -0.3 is 9.80 Å². The molecule has 0 bridgehead atoms. The minimum Gasteiger partial charge on any atom is -0.335 e. The second kappa shape index (κ2) is 9.73. The third-order valence-corrected chi connectivity index (χ3v) is 9.61. The lowest BCUT2D eigenvalue weighted by Crippen LogP contribution is -2.64. The molecule has 9 nitrogen and oxygen atoms in total. The quantitative estimate of drug-likeness (QED) is 0.615. The summed E-state index contributed by atoms with van der Waals surface area (Å²) in [6.45, 7) is 5.31. The number of likely N-dealkylation sites (tertiary alicyclic amines) is 1. The molecule has 3 saturated heterocycles. The van der Waals surface area contributed by atoms with Gasteiger partial charge in [0, 0.05) is 75.5 Å². The molecule has 0 N–H and O–H groups in total. The zero-order valence-electron chi connectivity index (χ0n) is 19.0. The number of aromatic nitrogens is 1. The summed E-state index contributed by atoms with van der Waals surface area (Å²) < 4.78 is 27.2. The number of piperidine rings is 1. The van der Waals surface area contributed by atoms with E-state index in [2.05, 4.69) is 9.88 Å². The van der Waals surface area contributed by atoms with Gasteiger partial charge in [-0.15, -0.1) is 11.3 Å². The molecule has 0 unspecified atom stereocenters. The maximum atomic E-state index is 12.9. The first-order valence-electron chi connectivity index (χ1n) is 11.8. The van der Waals surface area contributed by atoms with Gasteiger partial charge in [0.1, 0.15) is 0 Å². The van der Waals surface area contributed by atoms with Gasteiger partial charge in [-0.05, 0) is 37.1 Å². The summed E-state index contributed by atoms with van der Waals surface area (Å²) in [5.74, 6) is -0.0819. The lowest BCUT2D eigenvalue weighted by Gasteiger charge is -2.48. The summed E-state index contributed by atoms with van der Waals surface area (Å²) in [5.41, 5.74) is 0.509. The standard InChI is InChI=1S/C23H29N5O4S2/c29-22(18-4-6-20(7-5-18)34(31,32)28-9-2-1-3-10-28)27-16-19(17-27)25-11-13-26(14-12-25)23(30)21-24-8-15-33-21/h4-8,15,19H,1-3,9-14,16-17H2. The van der Waals surface area contributed by atoms with Crippen LogP contribution in [0.15, 0.2) is 40.7 Å². The van der Waals surface area contributed by atoms with Crippen LogP contribution in [0.2, 0.25) is 0 Å². The van der Waals surface area contributed by atoms with Gasteiger partial charge in [0.15, 0.2) is 5.01 Å². The highest BCUT2D eigenvalue weighted by molar-refractivity contribution is 7.89. The van der Waals surface area contributed by atoms with E-state index < -0.39 is 10.0 Å². The highest BCUT2D eigenvalue weighted by Crippen LogP contribution is 2.23. The van der Waals surface area contributed by atoms with E-state index in [1.165, 1.54) is 15.6 Å². The highest BCUT2D eigenvalue weighted by atomic mass is 32.2. The van der Waals surface area contributed by atoms with Crippen LogP contribution in [0.1, 0.15) is 39.4 Å². The third kappa shape index (κ3) is 4.61. The molecule has 1 aromatic carbocycles. The van der Waals surface area contributed by atoms with Crippen LogP contribution in [0, 0.1) is 0 Å². The molecule has 2 amide bonds. The second-order valence-electron chi connectivity index (χ2n) is 9.02. The number of sulfonamides is 1. The van der Waals surface area contributed by atoms with Gasteiger partial charge >= 0.3 is 0 Å². The van der Waals surface area contributed by atoms with E-state index in [-0.39, 0.29) is 16.7 Å². The molecule has 0 aliphatic carbocycles. The number of carbonyl (C=O) groups is 2. The van der Waals surface area contributed by atoms with Crippen molar-refractivity contribution in [1.29, 1.82) is 0 Å². The summed E-state index contributed by atoms with van der Waals surface area (Å²) in [6.07, 6.45) is 4.50. The predicted molar refractivity (Wildman–Crippen MR) is 128 cm³/mol. The van der Waals surface area contributed by atoms with Crippen LogP contribution in [-0.2, 0) is 10.0 Å². The topological polar surface area (TPSA) is 94.1 Å². The molecule has 1 aromatic heterocycles. The first kappa shape index (κ1) is 23.4. The van der Waals surface area contributed by atoms with Gasteiger partial charge in [-0.1, -0.05) is 6.42 Å². The van der Waals surface area contributed by atoms with Crippen LogP contribution < -0.4 is 0 Å². The van der Waals surface area contributed by atoms with Gasteiger partial charge in [0.25, 0.3) is 11.8 Å². The minimum atomic E-state index is -3.49. The van der Waals surface area contributed by atoms with E-state index in [0.29, 0.717) is 55.9 Å². The van der Waals surface area contributed by atoms with Gasteiger partial charge in [0.2, 0.25) is 10.0 Å². The van der Waals surface area contributed by atoms with Gasteiger partial charge in [0.05, 0.1) is 4.90 Å². The average Bonchev–Trinajstić information content (AvgIpc) is 3.39. The minimum absolute atomic E-state index is 0.00851. The summed E-state index contributed by atoms with van der Waals surface area (Å²) in [5, 5.41) is 2.34. The van der Waals surface area contributed by atoms with Crippen molar-refractivity contribution in [3.05, 3.63) is 46.4 Å². The van der Waals surface area contributed by atoms with Crippen molar-refractivity contribution in [2.75, 3.05) is 52.4 Å². The van der Waals surface area contributed by atoms with Crippen LogP contribution in [0.3, 0.4) is 0 Å². The molecular formula is C23H29N5O4S2.